The van der Waals surface area contributed by atoms with E-state index in [1.165, 1.54) is 13.3 Å². The molecule has 1 fully saturated rings. The van der Waals surface area contributed by atoms with E-state index in [1.54, 1.807) is 4.57 Å². The zero-order chi connectivity index (χ0) is 13.8. The zero-order valence-corrected chi connectivity index (χ0v) is 10.8. The molecule has 2 rings (SSSR count). The van der Waals surface area contributed by atoms with Crippen LogP contribution in [0.15, 0.2) is 17.1 Å². The number of hydrogen-bond acceptors (Lipinski definition) is 4. The largest absolute Gasteiger partial charge is 0.491 e. The minimum Gasteiger partial charge on any atom is -0.491 e. The van der Waals surface area contributed by atoms with Gasteiger partial charge in [-0.05, 0) is 12.8 Å². The maximum atomic E-state index is 11.6. The van der Waals surface area contributed by atoms with Gasteiger partial charge in [-0.2, -0.15) is 0 Å². The Balaban J connectivity index is 2.30. The molecule has 0 aliphatic carbocycles. The van der Waals surface area contributed by atoms with Gasteiger partial charge in [-0.25, -0.2) is 4.79 Å². The highest BCUT2D eigenvalue weighted by Crippen LogP contribution is 2.17. The first-order valence-corrected chi connectivity index (χ1v) is 6.21. The highest BCUT2D eigenvalue weighted by Gasteiger charge is 2.19. The molecule has 1 atom stereocenters. The average Bonchev–Trinajstić information content (AvgIpc) is 2.41. The second-order valence-electron chi connectivity index (χ2n) is 4.63. The van der Waals surface area contributed by atoms with Gasteiger partial charge >= 0.3 is 5.97 Å². The lowest BCUT2D eigenvalue weighted by atomic mass is 10.0. The third kappa shape index (κ3) is 3.14. The molecule has 1 saturated heterocycles. The van der Waals surface area contributed by atoms with Crippen LogP contribution in [0.5, 0.6) is 5.75 Å². The lowest BCUT2D eigenvalue weighted by molar-refractivity contribution is 0.0468. The van der Waals surface area contributed by atoms with Gasteiger partial charge in [0.15, 0.2) is 5.75 Å². The number of pyridine rings is 1. The number of aromatic nitrogens is 1. The van der Waals surface area contributed by atoms with Gasteiger partial charge in [-0.15, -0.1) is 0 Å². The van der Waals surface area contributed by atoms with Crippen molar-refractivity contribution < 1.29 is 19.4 Å². The van der Waals surface area contributed by atoms with E-state index in [1.807, 2.05) is 0 Å². The molecule has 0 saturated carbocycles. The maximum absolute atomic E-state index is 11.6. The first-order chi connectivity index (χ1) is 9.11. The fourth-order valence-electron chi connectivity index (χ4n) is 2.27. The second-order valence-corrected chi connectivity index (χ2v) is 4.63. The van der Waals surface area contributed by atoms with Gasteiger partial charge in [0.2, 0.25) is 5.43 Å². The summed E-state index contributed by atoms with van der Waals surface area (Å²) in [7, 11) is 1.39. The predicted octanol–water partition coefficient (Wildman–Crippen LogP) is 0.982. The molecule has 1 unspecified atom stereocenters. The maximum Gasteiger partial charge on any atom is 0.352 e. The minimum absolute atomic E-state index is 0.0172. The van der Waals surface area contributed by atoms with Crippen molar-refractivity contribution in [3.05, 3.63) is 28.2 Å². The van der Waals surface area contributed by atoms with E-state index in [2.05, 4.69) is 0 Å². The Kier molecular flexibility index (Phi) is 4.21. The van der Waals surface area contributed by atoms with Crippen molar-refractivity contribution in [1.29, 1.82) is 0 Å². The molecule has 0 radical (unpaired) electrons. The fraction of sp³-hybridized carbons (Fsp3) is 0.538. The van der Waals surface area contributed by atoms with Crippen LogP contribution in [0.4, 0.5) is 0 Å². The molecule has 6 heteroatoms. The molecule has 1 N–H and O–H groups in total. The van der Waals surface area contributed by atoms with E-state index in [0.29, 0.717) is 13.2 Å². The highest BCUT2D eigenvalue weighted by molar-refractivity contribution is 5.85. The Hall–Kier alpha value is -1.82. The van der Waals surface area contributed by atoms with E-state index in [9.17, 15) is 9.59 Å². The number of carboxylic acid groups (broad SMARTS) is 1. The van der Waals surface area contributed by atoms with Crippen molar-refractivity contribution in [3.8, 4) is 5.75 Å². The Morgan fingerprint density at radius 3 is 3.00 bits per heavy atom. The van der Waals surface area contributed by atoms with Gasteiger partial charge in [0.1, 0.15) is 5.69 Å². The lowest BCUT2D eigenvalue weighted by Gasteiger charge is -2.24. The number of hydrogen-bond donors (Lipinski definition) is 1. The second kappa shape index (κ2) is 5.88. The van der Waals surface area contributed by atoms with Crippen molar-refractivity contribution >= 4 is 5.97 Å². The number of methoxy groups -OCH3 is 1. The molecule has 1 aliphatic rings. The molecule has 0 amide bonds. The number of ether oxygens (including phenoxy) is 2. The number of aromatic carboxylic acids is 1. The topological polar surface area (TPSA) is 77.8 Å². The average molecular weight is 267 g/mol. The molecule has 0 aromatic carbocycles. The third-order valence-corrected chi connectivity index (χ3v) is 3.24. The summed E-state index contributed by atoms with van der Waals surface area (Å²) >= 11 is 0. The molecule has 19 heavy (non-hydrogen) atoms. The molecule has 104 valence electrons. The summed E-state index contributed by atoms with van der Waals surface area (Å²) in [6, 6.07) is 1.10. The molecule has 2 heterocycles. The van der Waals surface area contributed by atoms with Gasteiger partial charge in [-0.3, -0.25) is 4.79 Å². The summed E-state index contributed by atoms with van der Waals surface area (Å²) in [5.74, 6) is -0.697. The number of carbonyl (C=O) groups is 1. The van der Waals surface area contributed by atoms with E-state index < -0.39 is 11.4 Å². The Morgan fingerprint density at radius 2 is 2.42 bits per heavy atom. The number of carboxylic acids is 1. The minimum atomic E-state index is -1.11. The molecule has 0 bridgehead atoms. The first kappa shape index (κ1) is 13.6. The summed E-state index contributed by atoms with van der Waals surface area (Å²) in [6.07, 6.45) is 3.43. The Morgan fingerprint density at radius 1 is 1.63 bits per heavy atom. The van der Waals surface area contributed by atoms with E-state index in [4.69, 9.17) is 14.6 Å². The van der Waals surface area contributed by atoms with Crippen LogP contribution in [0.25, 0.3) is 0 Å². The predicted molar refractivity (Wildman–Crippen MR) is 67.8 cm³/mol. The molecule has 1 aromatic heterocycles. The van der Waals surface area contributed by atoms with Crippen LogP contribution in [0.1, 0.15) is 23.3 Å². The van der Waals surface area contributed by atoms with E-state index >= 15 is 0 Å². The van der Waals surface area contributed by atoms with Gasteiger partial charge in [-0.1, -0.05) is 0 Å². The van der Waals surface area contributed by atoms with Gasteiger partial charge in [0, 0.05) is 25.1 Å². The van der Waals surface area contributed by atoms with Gasteiger partial charge in [0.25, 0.3) is 0 Å². The molecule has 0 spiro atoms. The van der Waals surface area contributed by atoms with Crippen molar-refractivity contribution in [2.75, 3.05) is 20.3 Å². The number of nitrogens with zero attached hydrogens (tertiary/aromatic N) is 1. The van der Waals surface area contributed by atoms with Crippen LogP contribution in [0.2, 0.25) is 0 Å². The van der Waals surface area contributed by atoms with Gasteiger partial charge < -0.3 is 19.1 Å². The molecular formula is C13H17NO5. The lowest BCUT2D eigenvalue weighted by Crippen LogP contribution is -2.26. The van der Waals surface area contributed by atoms with Crippen LogP contribution in [0.3, 0.4) is 0 Å². The summed E-state index contributed by atoms with van der Waals surface area (Å²) in [5, 5.41) is 9.15. The SMILES string of the molecule is COc1cn(CC2CCCOC2)c(C(=O)O)cc1=O. The van der Waals surface area contributed by atoms with Crippen molar-refractivity contribution in [1.82, 2.24) is 4.57 Å². The van der Waals surface area contributed by atoms with E-state index in [-0.39, 0.29) is 17.4 Å². The van der Waals surface area contributed by atoms with Crippen molar-refractivity contribution in [2.45, 2.75) is 19.4 Å². The van der Waals surface area contributed by atoms with Crippen molar-refractivity contribution in [3.63, 3.8) is 0 Å². The molecule has 6 nitrogen and oxygen atoms in total. The zero-order valence-electron chi connectivity index (χ0n) is 10.8. The third-order valence-electron chi connectivity index (χ3n) is 3.24. The van der Waals surface area contributed by atoms with Crippen LogP contribution < -0.4 is 10.2 Å². The quantitative estimate of drug-likeness (QED) is 0.880. The van der Waals surface area contributed by atoms with Gasteiger partial charge in [0.05, 0.1) is 19.9 Å². The fourth-order valence-corrected chi connectivity index (χ4v) is 2.27. The van der Waals surface area contributed by atoms with E-state index in [0.717, 1.165) is 25.5 Å². The molecule has 1 aromatic rings. The smallest absolute Gasteiger partial charge is 0.352 e. The standard InChI is InChI=1S/C13H17NO5/c1-18-12-7-14(6-9-3-2-4-19-8-9)10(13(16)17)5-11(12)15/h5,7,9H,2-4,6,8H2,1H3,(H,16,17). The Bertz CT molecular complexity index is 516. The summed E-state index contributed by atoms with van der Waals surface area (Å²) < 4.78 is 11.9. The normalized spacial score (nSPS) is 19.1. The monoisotopic (exact) mass is 267 g/mol. The van der Waals surface area contributed by atoms with Crippen LogP contribution in [-0.2, 0) is 11.3 Å². The molecule has 1 aliphatic heterocycles. The Labute approximate surface area is 110 Å². The van der Waals surface area contributed by atoms with Crippen LogP contribution in [-0.4, -0.2) is 36.0 Å². The first-order valence-electron chi connectivity index (χ1n) is 6.21. The van der Waals surface area contributed by atoms with Crippen molar-refractivity contribution in [2.24, 2.45) is 5.92 Å². The van der Waals surface area contributed by atoms with Crippen LogP contribution in [0, 0.1) is 5.92 Å². The summed E-state index contributed by atoms with van der Waals surface area (Å²) in [5.41, 5.74) is -0.438. The summed E-state index contributed by atoms with van der Waals surface area (Å²) in [4.78, 5) is 22.8. The molecular weight excluding hydrogens is 250 g/mol. The summed E-state index contributed by atoms with van der Waals surface area (Å²) in [6.45, 7) is 1.89. The number of rotatable bonds is 4. The highest BCUT2D eigenvalue weighted by atomic mass is 16.5. The van der Waals surface area contributed by atoms with Crippen LogP contribution >= 0.6 is 0 Å².